The molecular formula is C61H41N3. The van der Waals surface area contributed by atoms with E-state index in [4.69, 9.17) is 4.98 Å². The van der Waals surface area contributed by atoms with Crippen molar-refractivity contribution in [3.8, 4) is 84.0 Å². The molecule has 9 aromatic carbocycles. The minimum atomic E-state index is 0.952. The summed E-state index contributed by atoms with van der Waals surface area (Å²) in [6, 6.07) is 89.6. The standard InChI is InChI=1S/C61H41N3/c1-5-19-42(20-6-1)47-37-48(43-21-7-2-8-22-43)39-51(38-47)63-57-30-16-13-27-52(57)60-53-28-14-17-31-58(53)64(61(60)54-29-15-18-32-59(54)63)50-35-33-44(34-36-50)49-40-55(45-23-9-3-10-24-45)62-56(41-49)46-25-11-4-12-26-46/h1-41H. The number of nitrogens with zero attached hydrogens (tertiary/aromatic N) is 3. The van der Waals surface area contributed by atoms with E-state index < -0.39 is 0 Å². The summed E-state index contributed by atoms with van der Waals surface area (Å²) in [5.41, 5.74) is 21.4. The summed E-state index contributed by atoms with van der Waals surface area (Å²) in [5, 5.41) is 1.21. The lowest BCUT2D eigenvalue weighted by Crippen LogP contribution is -2.11. The molecule has 3 heterocycles. The first-order valence-electron chi connectivity index (χ1n) is 21.9. The Kier molecular flexibility index (Phi) is 9.16. The van der Waals surface area contributed by atoms with Crippen molar-refractivity contribution in [2.75, 3.05) is 4.90 Å². The molecule has 3 heteroatoms. The van der Waals surface area contributed by atoms with E-state index in [1.54, 1.807) is 0 Å². The van der Waals surface area contributed by atoms with Crippen molar-refractivity contribution in [3.63, 3.8) is 0 Å². The largest absolute Gasteiger partial charge is 0.309 e. The van der Waals surface area contributed by atoms with Gasteiger partial charge in [-0.2, -0.15) is 0 Å². The molecule has 0 aliphatic carbocycles. The van der Waals surface area contributed by atoms with Crippen LogP contribution in [0.5, 0.6) is 0 Å². The van der Waals surface area contributed by atoms with Crippen LogP contribution < -0.4 is 4.90 Å². The van der Waals surface area contributed by atoms with Crippen molar-refractivity contribution in [1.82, 2.24) is 9.55 Å². The molecule has 0 amide bonds. The van der Waals surface area contributed by atoms with Crippen LogP contribution in [0.4, 0.5) is 17.1 Å². The van der Waals surface area contributed by atoms with E-state index in [0.717, 1.165) is 67.5 Å². The fourth-order valence-corrected chi connectivity index (χ4v) is 9.54. The highest BCUT2D eigenvalue weighted by Gasteiger charge is 2.31. The normalized spacial score (nSPS) is 11.7. The quantitative estimate of drug-likeness (QED) is 0.160. The Bertz CT molecular complexity index is 3350. The van der Waals surface area contributed by atoms with Gasteiger partial charge in [-0.05, 0) is 94.0 Å². The summed E-state index contributed by atoms with van der Waals surface area (Å²) < 4.78 is 2.47. The smallest absolute Gasteiger partial charge is 0.0715 e. The zero-order valence-corrected chi connectivity index (χ0v) is 35.0. The molecule has 0 fully saturated rings. The van der Waals surface area contributed by atoms with Gasteiger partial charge in [-0.15, -0.1) is 0 Å². The maximum atomic E-state index is 5.15. The zero-order chi connectivity index (χ0) is 42.4. The Morgan fingerprint density at radius 1 is 0.297 bits per heavy atom. The average Bonchev–Trinajstić information content (AvgIpc) is 3.66. The van der Waals surface area contributed by atoms with Crippen LogP contribution in [-0.4, -0.2) is 9.55 Å². The first kappa shape index (κ1) is 37.2. The van der Waals surface area contributed by atoms with Gasteiger partial charge in [0, 0.05) is 44.6 Å². The van der Waals surface area contributed by atoms with Gasteiger partial charge in [0.15, 0.2) is 0 Å². The zero-order valence-electron chi connectivity index (χ0n) is 35.0. The SMILES string of the molecule is c1ccc(-c2cc(-c3ccccc3)cc(N3c4ccccc4-c4c(n(-c5ccc(-c6cc(-c7ccccc7)nc(-c7ccccc7)c6)cc5)c5ccccc45)-c4ccccc43)c2)cc1. The summed E-state index contributed by atoms with van der Waals surface area (Å²) >= 11 is 0. The second kappa shape index (κ2) is 15.7. The van der Waals surface area contributed by atoms with Gasteiger partial charge in [-0.25, -0.2) is 4.98 Å². The highest BCUT2D eigenvalue weighted by Crippen LogP contribution is 2.55. The number of hydrogen-bond donors (Lipinski definition) is 0. The monoisotopic (exact) mass is 815 g/mol. The fourth-order valence-electron chi connectivity index (χ4n) is 9.54. The van der Waals surface area contributed by atoms with E-state index in [1.807, 2.05) is 0 Å². The molecule has 0 radical (unpaired) electrons. The summed E-state index contributed by atoms with van der Waals surface area (Å²) in [6.07, 6.45) is 0. The number of benzene rings is 9. The van der Waals surface area contributed by atoms with Crippen molar-refractivity contribution in [2.45, 2.75) is 0 Å². The Balaban J connectivity index is 1.06. The lowest BCUT2D eigenvalue weighted by Gasteiger charge is -2.28. The second-order valence-corrected chi connectivity index (χ2v) is 16.4. The van der Waals surface area contributed by atoms with Gasteiger partial charge in [0.05, 0.1) is 34.0 Å². The number of fused-ring (bicyclic) bond motifs is 7. The second-order valence-electron chi connectivity index (χ2n) is 16.4. The third-order valence-electron chi connectivity index (χ3n) is 12.5. The van der Waals surface area contributed by atoms with Crippen molar-refractivity contribution < 1.29 is 0 Å². The van der Waals surface area contributed by atoms with Gasteiger partial charge in [-0.3, -0.25) is 0 Å². The summed E-state index contributed by atoms with van der Waals surface area (Å²) in [7, 11) is 0. The number of pyridine rings is 1. The molecule has 0 bridgehead atoms. The van der Waals surface area contributed by atoms with Crippen molar-refractivity contribution >= 4 is 28.0 Å². The van der Waals surface area contributed by atoms with Crippen LogP contribution >= 0.6 is 0 Å². The van der Waals surface area contributed by atoms with Gasteiger partial charge in [0.25, 0.3) is 0 Å². The van der Waals surface area contributed by atoms with Gasteiger partial charge in [-0.1, -0.05) is 188 Å². The van der Waals surface area contributed by atoms with Crippen LogP contribution in [-0.2, 0) is 0 Å². The van der Waals surface area contributed by atoms with Crippen molar-refractivity contribution in [2.24, 2.45) is 0 Å². The van der Waals surface area contributed by atoms with E-state index >= 15 is 0 Å². The molecule has 2 aromatic heterocycles. The lowest BCUT2D eigenvalue weighted by molar-refractivity contribution is 1.13. The molecule has 0 unspecified atom stereocenters. The minimum Gasteiger partial charge on any atom is -0.309 e. The Labute approximate surface area is 373 Å². The molecule has 0 N–H and O–H groups in total. The van der Waals surface area contributed by atoms with E-state index in [1.165, 1.54) is 44.5 Å². The number of aromatic nitrogens is 2. The molecule has 11 aromatic rings. The Morgan fingerprint density at radius 2 is 0.734 bits per heavy atom. The average molecular weight is 816 g/mol. The molecule has 3 nitrogen and oxygen atoms in total. The molecule has 0 spiro atoms. The fraction of sp³-hybridized carbons (Fsp3) is 0. The molecule has 1 aliphatic heterocycles. The number of rotatable bonds is 7. The third-order valence-corrected chi connectivity index (χ3v) is 12.5. The van der Waals surface area contributed by atoms with E-state index in [2.05, 4.69) is 258 Å². The van der Waals surface area contributed by atoms with Crippen LogP contribution in [0.15, 0.2) is 249 Å². The van der Waals surface area contributed by atoms with Gasteiger partial charge < -0.3 is 9.47 Å². The molecule has 1 aliphatic rings. The summed E-state index contributed by atoms with van der Waals surface area (Å²) in [4.78, 5) is 7.62. The molecule has 0 atom stereocenters. The molecule has 300 valence electrons. The van der Waals surface area contributed by atoms with Gasteiger partial charge in [0.1, 0.15) is 0 Å². The van der Waals surface area contributed by atoms with E-state index in [-0.39, 0.29) is 0 Å². The highest BCUT2D eigenvalue weighted by atomic mass is 15.2. The van der Waals surface area contributed by atoms with Gasteiger partial charge >= 0.3 is 0 Å². The molecule has 12 rings (SSSR count). The van der Waals surface area contributed by atoms with Crippen LogP contribution in [0.3, 0.4) is 0 Å². The van der Waals surface area contributed by atoms with Crippen LogP contribution in [0, 0.1) is 0 Å². The summed E-state index contributed by atoms with van der Waals surface area (Å²) in [5.74, 6) is 0. The predicted molar refractivity (Wildman–Crippen MR) is 267 cm³/mol. The summed E-state index contributed by atoms with van der Waals surface area (Å²) in [6.45, 7) is 0. The van der Waals surface area contributed by atoms with Crippen LogP contribution in [0.1, 0.15) is 0 Å². The molecule has 64 heavy (non-hydrogen) atoms. The first-order valence-corrected chi connectivity index (χ1v) is 21.9. The first-order chi connectivity index (χ1) is 31.7. The van der Waals surface area contributed by atoms with Crippen LogP contribution in [0.2, 0.25) is 0 Å². The number of hydrogen-bond acceptors (Lipinski definition) is 2. The predicted octanol–water partition coefficient (Wildman–Crippen LogP) is 16.5. The Hall–Kier alpha value is -8.53. The minimum absolute atomic E-state index is 0.952. The van der Waals surface area contributed by atoms with E-state index in [9.17, 15) is 0 Å². The molecule has 0 saturated heterocycles. The highest BCUT2D eigenvalue weighted by molar-refractivity contribution is 6.13. The number of para-hydroxylation sites is 3. The maximum Gasteiger partial charge on any atom is 0.0715 e. The van der Waals surface area contributed by atoms with Crippen LogP contribution in [0.25, 0.3) is 94.9 Å². The Morgan fingerprint density at radius 3 is 1.31 bits per heavy atom. The van der Waals surface area contributed by atoms with Crippen molar-refractivity contribution in [3.05, 3.63) is 249 Å². The number of anilines is 3. The third kappa shape index (κ3) is 6.50. The topological polar surface area (TPSA) is 21.1 Å². The molecular weight excluding hydrogens is 775 g/mol. The maximum absolute atomic E-state index is 5.15. The lowest BCUT2D eigenvalue weighted by atomic mass is 9.97. The van der Waals surface area contributed by atoms with E-state index in [0.29, 0.717) is 0 Å². The van der Waals surface area contributed by atoms with Gasteiger partial charge in [0.2, 0.25) is 0 Å². The molecule has 0 saturated carbocycles. The van der Waals surface area contributed by atoms with Crippen molar-refractivity contribution in [1.29, 1.82) is 0 Å².